The molecule has 1 amide bonds. The number of esters is 1. The van der Waals surface area contributed by atoms with Crippen LogP contribution in [0.4, 0.5) is 10.1 Å². The second kappa shape index (κ2) is 6.85. The molecule has 114 valence electrons. The van der Waals surface area contributed by atoms with Crippen LogP contribution < -0.4 is 5.32 Å². The number of aryl methyl sites for hydroxylation is 2. The molecular weight excluding hydrogens is 285 g/mol. The van der Waals surface area contributed by atoms with Crippen LogP contribution in [-0.4, -0.2) is 18.5 Å². The molecule has 0 aliphatic rings. The smallest absolute Gasteiger partial charge is 0.338 e. The number of rotatable bonds is 4. The van der Waals surface area contributed by atoms with E-state index in [0.717, 1.165) is 11.6 Å². The highest BCUT2D eigenvalue weighted by atomic mass is 19.1. The Labute approximate surface area is 127 Å². The average Bonchev–Trinajstić information content (AvgIpc) is 2.47. The van der Waals surface area contributed by atoms with Crippen LogP contribution >= 0.6 is 0 Å². The molecule has 0 saturated carbocycles. The largest absolute Gasteiger partial charge is 0.452 e. The maximum Gasteiger partial charge on any atom is 0.338 e. The van der Waals surface area contributed by atoms with Crippen LogP contribution in [0, 0.1) is 19.7 Å². The lowest BCUT2D eigenvalue weighted by Crippen LogP contribution is -2.21. The third-order valence-electron chi connectivity index (χ3n) is 3.04. The predicted octanol–water partition coefficient (Wildman–Crippen LogP) is 3.24. The highest BCUT2D eigenvalue weighted by molar-refractivity contribution is 5.95. The molecule has 0 aliphatic heterocycles. The first-order valence-electron chi connectivity index (χ1n) is 6.75. The van der Waals surface area contributed by atoms with Crippen LogP contribution in [0.5, 0.6) is 0 Å². The summed E-state index contributed by atoms with van der Waals surface area (Å²) in [7, 11) is 0. The van der Waals surface area contributed by atoms with E-state index in [1.165, 1.54) is 12.1 Å². The third-order valence-corrected chi connectivity index (χ3v) is 3.04. The number of amides is 1. The lowest BCUT2D eigenvalue weighted by atomic mass is 10.1. The van der Waals surface area contributed by atoms with Gasteiger partial charge in [0, 0.05) is 5.69 Å². The number of nitrogens with one attached hydrogen (secondary N) is 1. The van der Waals surface area contributed by atoms with Gasteiger partial charge >= 0.3 is 5.97 Å². The van der Waals surface area contributed by atoms with E-state index >= 15 is 0 Å². The highest BCUT2D eigenvalue weighted by Crippen LogP contribution is 2.11. The molecular formula is C17H16FNO3. The molecule has 0 atom stereocenters. The summed E-state index contributed by atoms with van der Waals surface area (Å²) in [6, 6.07) is 11.3. The molecule has 22 heavy (non-hydrogen) atoms. The fraction of sp³-hybridized carbons (Fsp3) is 0.176. The van der Waals surface area contributed by atoms with Crippen molar-refractivity contribution < 1.29 is 18.7 Å². The minimum Gasteiger partial charge on any atom is -0.452 e. The zero-order chi connectivity index (χ0) is 16.1. The van der Waals surface area contributed by atoms with Gasteiger partial charge in [0.15, 0.2) is 6.61 Å². The molecule has 0 saturated heterocycles. The normalized spacial score (nSPS) is 10.1. The molecule has 0 spiro atoms. The summed E-state index contributed by atoms with van der Waals surface area (Å²) in [6.07, 6.45) is 0. The molecule has 0 bridgehead atoms. The molecule has 1 N–H and O–H groups in total. The second-order valence-corrected chi connectivity index (χ2v) is 4.96. The molecule has 2 aromatic rings. The topological polar surface area (TPSA) is 55.4 Å². The Morgan fingerprint density at radius 2 is 1.91 bits per heavy atom. The summed E-state index contributed by atoms with van der Waals surface area (Å²) in [5.41, 5.74) is 2.15. The molecule has 0 heterocycles. The van der Waals surface area contributed by atoms with Crippen molar-refractivity contribution in [2.45, 2.75) is 13.8 Å². The first-order chi connectivity index (χ1) is 10.5. The van der Waals surface area contributed by atoms with Crippen LogP contribution in [0.1, 0.15) is 21.5 Å². The van der Waals surface area contributed by atoms with Crippen molar-refractivity contribution in [1.29, 1.82) is 0 Å². The number of hydrogen-bond donors (Lipinski definition) is 1. The monoisotopic (exact) mass is 301 g/mol. The van der Waals surface area contributed by atoms with Crippen LogP contribution in [0.3, 0.4) is 0 Å². The predicted molar refractivity (Wildman–Crippen MR) is 81.2 cm³/mol. The Balaban J connectivity index is 1.90. The van der Waals surface area contributed by atoms with E-state index in [2.05, 4.69) is 5.32 Å². The van der Waals surface area contributed by atoms with E-state index in [4.69, 9.17) is 4.74 Å². The van der Waals surface area contributed by atoms with Gasteiger partial charge in [-0.2, -0.15) is 0 Å². The van der Waals surface area contributed by atoms with Gasteiger partial charge in [0.2, 0.25) is 0 Å². The van der Waals surface area contributed by atoms with Crippen LogP contribution in [-0.2, 0) is 9.53 Å². The molecule has 2 rings (SSSR count). The van der Waals surface area contributed by atoms with E-state index in [0.29, 0.717) is 11.3 Å². The summed E-state index contributed by atoms with van der Waals surface area (Å²) in [5.74, 6) is -1.68. The van der Waals surface area contributed by atoms with Crippen LogP contribution in [0.15, 0.2) is 42.5 Å². The SMILES string of the molecule is Cc1cccc(NC(=O)COC(=O)c2ccc(C)c(F)c2)c1. The van der Waals surface area contributed by atoms with Gasteiger partial charge in [0.25, 0.3) is 5.91 Å². The van der Waals surface area contributed by atoms with Crippen molar-refractivity contribution in [2.75, 3.05) is 11.9 Å². The number of halogens is 1. The zero-order valence-electron chi connectivity index (χ0n) is 12.4. The van der Waals surface area contributed by atoms with Gasteiger partial charge in [-0.25, -0.2) is 9.18 Å². The van der Waals surface area contributed by atoms with Crippen molar-refractivity contribution in [3.8, 4) is 0 Å². The van der Waals surface area contributed by atoms with E-state index < -0.39 is 24.3 Å². The maximum atomic E-state index is 13.4. The average molecular weight is 301 g/mol. The molecule has 4 nitrogen and oxygen atoms in total. The van der Waals surface area contributed by atoms with Gasteiger partial charge in [0.1, 0.15) is 5.82 Å². The first-order valence-corrected chi connectivity index (χ1v) is 6.75. The van der Waals surface area contributed by atoms with E-state index in [9.17, 15) is 14.0 Å². The Kier molecular flexibility index (Phi) is 4.88. The van der Waals surface area contributed by atoms with Crippen molar-refractivity contribution >= 4 is 17.6 Å². The van der Waals surface area contributed by atoms with Crippen molar-refractivity contribution in [1.82, 2.24) is 0 Å². The van der Waals surface area contributed by atoms with Gasteiger partial charge in [0.05, 0.1) is 5.56 Å². The summed E-state index contributed by atoms with van der Waals surface area (Å²) in [6.45, 7) is 3.07. The second-order valence-electron chi connectivity index (χ2n) is 4.96. The van der Waals surface area contributed by atoms with E-state index in [1.54, 1.807) is 19.1 Å². The lowest BCUT2D eigenvalue weighted by molar-refractivity contribution is -0.119. The number of carbonyl (C=O) groups is 2. The van der Waals surface area contributed by atoms with Gasteiger partial charge in [-0.05, 0) is 49.2 Å². The van der Waals surface area contributed by atoms with Gasteiger partial charge in [-0.15, -0.1) is 0 Å². The third kappa shape index (κ3) is 4.15. The summed E-state index contributed by atoms with van der Waals surface area (Å²) < 4.78 is 18.2. The molecule has 2 aromatic carbocycles. The number of carbonyl (C=O) groups excluding carboxylic acids is 2. The van der Waals surface area contributed by atoms with Crippen LogP contribution in [0.25, 0.3) is 0 Å². The van der Waals surface area contributed by atoms with Gasteiger partial charge in [-0.1, -0.05) is 18.2 Å². The maximum absolute atomic E-state index is 13.4. The molecule has 5 heteroatoms. The van der Waals surface area contributed by atoms with Crippen LogP contribution in [0.2, 0.25) is 0 Å². The summed E-state index contributed by atoms with van der Waals surface area (Å²) >= 11 is 0. The van der Waals surface area contributed by atoms with E-state index in [-0.39, 0.29) is 5.56 Å². The van der Waals surface area contributed by atoms with Crippen molar-refractivity contribution in [2.24, 2.45) is 0 Å². The fourth-order valence-corrected chi connectivity index (χ4v) is 1.85. The van der Waals surface area contributed by atoms with Crippen molar-refractivity contribution in [3.63, 3.8) is 0 Å². The Morgan fingerprint density at radius 1 is 1.14 bits per heavy atom. The minimum absolute atomic E-state index is 0.0754. The Bertz CT molecular complexity index is 713. The minimum atomic E-state index is -0.738. The molecule has 0 aliphatic carbocycles. The van der Waals surface area contributed by atoms with Gasteiger partial charge < -0.3 is 10.1 Å². The summed E-state index contributed by atoms with van der Waals surface area (Å²) in [4.78, 5) is 23.5. The lowest BCUT2D eigenvalue weighted by Gasteiger charge is -2.07. The zero-order valence-corrected chi connectivity index (χ0v) is 12.4. The Hall–Kier alpha value is -2.69. The number of anilines is 1. The van der Waals surface area contributed by atoms with Crippen molar-refractivity contribution in [3.05, 3.63) is 65.0 Å². The summed E-state index contributed by atoms with van der Waals surface area (Å²) in [5, 5.41) is 2.62. The molecule has 0 radical (unpaired) electrons. The number of benzene rings is 2. The number of ether oxygens (including phenoxy) is 1. The highest BCUT2D eigenvalue weighted by Gasteiger charge is 2.12. The van der Waals surface area contributed by atoms with Gasteiger partial charge in [-0.3, -0.25) is 4.79 Å². The standard InChI is InChI=1S/C17H16FNO3/c1-11-4-3-5-14(8-11)19-16(20)10-22-17(21)13-7-6-12(2)15(18)9-13/h3-9H,10H2,1-2H3,(H,19,20). The van der Waals surface area contributed by atoms with E-state index in [1.807, 2.05) is 19.1 Å². The molecule has 0 unspecified atom stereocenters. The number of hydrogen-bond acceptors (Lipinski definition) is 3. The first kappa shape index (κ1) is 15.7. The molecule has 0 fully saturated rings. The quantitative estimate of drug-likeness (QED) is 0.882. The fourth-order valence-electron chi connectivity index (χ4n) is 1.85. The molecule has 0 aromatic heterocycles. The Morgan fingerprint density at radius 3 is 2.59 bits per heavy atom.